The zero-order chi connectivity index (χ0) is 16.2. The molecule has 0 fully saturated rings. The molecule has 0 aromatic carbocycles. The standard InChI is InChI=1S/C14H14N4O3S2/c1-8(2)7-22-14-17-16-13(23-14)15-12(19)9-6-11(21-18-9)10-4-3-5-20-10/h3-6,8H,7H2,1-2H3,(H,15,16,19). The first-order valence-electron chi connectivity index (χ1n) is 6.90. The Bertz CT molecular complexity index is 780. The average molecular weight is 350 g/mol. The van der Waals surface area contributed by atoms with Crippen LogP contribution in [0.1, 0.15) is 24.3 Å². The van der Waals surface area contributed by atoms with Crippen LogP contribution in [0.25, 0.3) is 11.5 Å². The molecule has 9 heteroatoms. The average Bonchev–Trinajstić information content (AvgIpc) is 3.25. The summed E-state index contributed by atoms with van der Waals surface area (Å²) in [5.41, 5.74) is 0.156. The molecular formula is C14H14N4O3S2. The van der Waals surface area contributed by atoms with Gasteiger partial charge in [0.1, 0.15) is 0 Å². The van der Waals surface area contributed by atoms with E-state index in [0.29, 0.717) is 22.6 Å². The zero-order valence-electron chi connectivity index (χ0n) is 12.5. The van der Waals surface area contributed by atoms with Crippen LogP contribution in [0.15, 0.2) is 37.7 Å². The van der Waals surface area contributed by atoms with Crippen LogP contribution in [0.3, 0.4) is 0 Å². The molecule has 3 aromatic heterocycles. The number of rotatable bonds is 6. The molecule has 3 heterocycles. The van der Waals surface area contributed by atoms with Crippen molar-refractivity contribution in [3.63, 3.8) is 0 Å². The Balaban J connectivity index is 1.63. The number of nitrogens with zero attached hydrogens (tertiary/aromatic N) is 3. The topological polar surface area (TPSA) is 94.1 Å². The number of hydrogen-bond donors (Lipinski definition) is 1. The number of aromatic nitrogens is 3. The minimum atomic E-state index is -0.400. The van der Waals surface area contributed by atoms with Gasteiger partial charge in [-0.05, 0) is 18.1 Å². The summed E-state index contributed by atoms with van der Waals surface area (Å²) in [6.07, 6.45) is 1.52. The number of hydrogen-bond acceptors (Lipinski definition) is 8. The summed E-state index contributed by atoms with van der Waals surface area (Å²) in [6, 6.07) is 4.98. The number of amides is 1. The van der Waals surface area contributed by atoms with E-state index in [1.54, 1.807) is 23.9 Å². The van der Waals surface area contributed by atoms with Crippen LogP contribution in [-0.4, -0.2) is 27.0 Å². The van der Waals surface area contributed by atoms with E-state index in [0.717, 1.165) is 10.1 Å². The molecule has 120 valence electrons. The quantitative estimate of drug-likeness (QED) is 0.534. The van der Waals surface area contributed by atoms with Gasteiger partial charge in [-0.15, -0.1) is 10.2 Å². The van der Waals surface area contributed by atoms with Crippen LogP contribution in [0.5, 0.6) is 0 Å². The predicted octanol–water partition coefficient (Wildman–Crippen LogP) is 3.79. The van der Waals surface area contributed by atoms with E-state index in [1.807, 2.05) is 0 Å². The van der Waals surface area contributed by atoms with Crippen molar-refractivity contribution in [1.82, 2.24) is 15.4 Å². The smallest absolute Gasteiger partial charge is 0.279 e. The van der Waals surface area contributed by atoms with Gasteiger partial charge in [0.15, 0.2) is 15.8 Å². The highest BCUT2D eigenvalue weighted by atomic mass is 32.2. The van der Waals surface area contributed by atoms with Gasteiger partial charge in [-0.1, -0.05) is 42.1 Å². The first kappa shape index (κ1) is 15.8. The van der Waals surface area contributed by atoms with Crippen LogP contribution in [-0.2, 0) is 0 Å². The fourth-order valence-corrected chi connectivity index (χ4v) is 3.36. The number of carbonyl (C=O) groups excluding carboxylic acids is 1. The minimum absolute atomic E-state index is 0.156. The lowest BCUT2D eigenvalue weighted by Gasteiger charge is -1.99. The molecule has 0 radical (unpaired) electrons. The molecule has 0 aliphatic rings. The molecule has 23 heavy (non-hydrogen) atoms. The lowest BCUT2D eigenvalue weighted by molar-refractivity contribution is 0.101. The molecule has 3 aromatic rings. The van der Waals surface area contributed by atoms with Crippen molar-refractivity contribution >= 4 is 34.1 Å². The van der Waals surface area contributed by atoms with Crippen LogP contribution < -0.4 is 5.32 Å². The zero-order valence-corrected chi connectivity index (χ0v) is 14.1. The Hall–Kier alpha value is -2.13. The van der Waals surface area contributed by atoms with Crippen molar-refractivity contribution in [2.24, 2.45) is 5.92 Å². The van der Waals surface area contributed by atoms with Crippen molar-refractivity contribution < 1.29 is 13.7 Å². The van der Waals surface area contributed by atoms with Crippen molar-refractivity contribution in [2.45, 2.75) is 18.2 Å². The summed E-state index contributed by atoms with van der Waals surface area (Å²) in [7, 11) is 0. The van der Waals surface area contributed by atoms with Gasteiger partial charge in [-0.25, -0.2) is 0 Å². The summed E-state index contributed by atoms with van der Waals surface area (Å²) in [5.74, 6) is 2.03. The molecule has 1 amide bonds. The van der Waals surface area contributed by atoms with E-state index in [1.165, 1.54) is 23.7 Å². The second-order valence-electron chi connectivity index (χ2n) is 5.09. The van der Waals surface area contributed by atoms with Crippen LogP contribution in [0, 0.1) is 5.92 Å². The fourth-order valence-electron chi connectivity index (χ4n) is 1.63. The predicted molar refractivity (Wildman–Crippen MR) is 87.6 cm³/mol. The molecule has 0 saturated carbocycles. The molecule has 0 aliphatic heterocycles. The molecule has 0 aliphatic carbocycles. The summed E-state index contributed by atoms with van der Waals surface area (Å²) in [5, 5.41) is 14.8. The van der Waals surface area contributed by atoms with E-state index in [2.05, 4.69) is 34.5 Å². The summed E-state index contributed by atoms with van der Waals surface area (Å²) in [6.45, 7) is 4.27. The molecule has 1 N–H and O–H groups in total. The van der Waals surface area contributed by atoms with Crippen LogP contribution in [0.2, 0.25) is 0 Å². The highest BCUT2D eigenvalue weighted by molar-refractivity contribution is 8.01. The lowest BCUT2D eigenvalue weighted by atomic mass is 10.3. The Labute approximate surface area is 140 Å². The van der Waals surface area contributed by atoms with E-state index in [-0.39, 0.29) is 5.69 Å². The maximum absolute atomic E-state index is 12.1. The van der Waals surface area contributed by atoms with Gasteiger partial charge in [0, 0.05) is 11.8 Å². The van der Waals surface area contributed by atoms with E-state index in [9.17, 15) is 4.79 Å². The van der Waals surface area contributed by atoms with Crippen LogP contribution in [0.4, 0.5) is 5.13 Å². The van der Waals surface area contributed by atoms with Gasteiger partial charge in [0.25, 0.3) is 5.91 Å². The van der Waals surface area contributed by atoms with Crippen molar-refractivity contribution in [3.8, 4) is 11.5 Å². The first-order chi connectivity index (χ1) is 11.1. The molecule has 0 saturated heterocycles. The molecule has 0 unspecified atom stereocenters. The molecule has 7 nitrogen and oxygen atoms in total. The molecular weight excluding hydrogens is 336 g/mol. The second kappa shape index (κ2) is 6.97. The molecule has 0 bridgehead atoms. The third-order valence-electron chi connectivity index (χ3n) is 2.67. The summed E-state index contributed by atoms with van der Waals surface area (Å²) >= 11 is 2.96. The van der Waals surface area contributed by atoms with Gasteiger partial charge < -0.3 is 8.94 Å². The minimum Gasteiger partial charge on any atom is -0.461 e. The summed E-state index contributed by atoms with van der Waals surface area (Å²) < 4.78 is 11.1. The second-order valence-corrected chi connectivity index (χ2v) is 7.33. The third kappa shape index (κ3) is 3.99. The van der Waals surface area contributed by atoms with Gasteiger partial charge in [0.05, 0.1) is 6.26 Å². The van der Waals surface area contributed by atoms with Gasteiger partial charge in [-0.2, -0.15) is 0 Å². The van der Waals surface area contributed by atoms with E-state index in [4.69, 9.17) is 8.94 Å². The number of furan rings is 1. The van der Waals surface area contributed by atoms with Gasteiger partial charge in [-0.3, -0.25) is 10.1 Å². The third-order valence-corrected chi connectivity index (χ3v) is 5.07. The largest absolute Gasteiger partial charge is 0.461 e. The Kier molecular flexibility index (Phi) is 4.77. The Morgan fingerprint density at radius 1 is 1.39 bits per heavy atom. The number of carbonyl (C=O) groups is 1. The highest BCUT2D eigenvalue weighted by Gasteiger charge is 2.17. The normalized spacial score (nSPS) is 11.1. The monoisotopic (exact) mass is 350 g/mol. The maximum Gasteiger partial charge on any atom is 0.279 e. The summed E-state index contributed by atoms with van der Waals surface area (Å²) in [4.78, 5) is 12.1. The molecule has 0 atom stereocenters. The fraction of sp³-hybridized carbons (Fsp3) is 0.286. The first-order valence-corrected chi connectivity index (χ1v) is 8.70. The lowest BCUT2D eigenvalue weighted by Crippen LogP contribution is -2.11. The van der Waals surface area contributed by atoms with E-state index >= 15 is 0 Å². The Morgan fingerprint density at radius 2 is 2.26 bits per heavy atom. The highest BCUT2D eigenvalue weighted by Crippen LogP contribution is 2.27. The van der Waals surface area contributed by atoms with Crippen molar-refractivity contribution in [3.05, 3.63) is 30.2 Å². The SMILES string of the molecule is CC(C)CSc1nnc(NC(=O)c2cc(-c3ccco3)on2)s1. The number of thioether (sulfide) groups is 1. The van der Waals surface area contributed by atoms with Crippen molar-refractivity contribution in [1.29, 1.82) is 0 Å². The molecule has 3 rings (SSSR count). The number of anilines is 1. The van der Waals surface area contributed by atoms with Gasteiger partial charge in [0.2, 0.25) is 10.9 Å². The van der Waals surface area contributed by atoms with E-state index < -0.39 is 5.91 Å². The Morgan fingerprint density at radius 3 is 3.00 bits per heavy atom. The van der Waals surface area contributed by atoms with Gasteiger partial charge >= 0.3 is 0 Å². The molecule has 0 spiro atoms. The van der Waals surface area contributed by atoms with Crippen molar-refractivity contribution in [2.75, 3.05) is 11.1 Å². The van der Waals surface area contributed by atoms with Crippen LogP contribution >= 0.6 is 23.1 Å². The number of nitrogens with one attached hydrogen (secondary N) is 1. The maximum atomic E-state index is 12.1.